The van der Waals surface area contributed by atoms with E-state index in [2.05, 4.69) is 59.7 Å². The van der Waals surface area contributed by atoms with Gasteiger partial charge in [-0.3, -0.25) is 9.59 Å². The fourth-order valence-corrected chi connectivity index (χ4v) is 7.69. The summed E-state index contributed by atoms with van der Waals surface area (Å²) in [5.41, 5.74) is 3.67. The van der Waals surface area contributed by atoms with E-state index in [0.29, 0.717) is 48.7 Å². The van der Waals surface area contributed by atoms with Crippen LogP contribution in [0.15, 0.2) is 12.2 Å². The third-order valence-electron chi connectivity index (χ3n) is 11.5. The first-order valence-corrected chi connectivity index (χ1v) is 23.5. The molecule has 344 valence electrons. The molecule has 0 heterocycles. The van der Waals surface area contributed by atoms with Crippen molar-refractivity contribution in [3.63, 3.8) is 0 Å². The Bertz CT molecular complexity index is 954. The Hall–Kier alpha value is -1.16. The van der Waals surface area contributed by atoms with Crippen LogP contribution in [0.25, 0.3) is 0 Å². The van der Waals surface area contributed by atoms with Crippen molar-refractivity contribution in [1.82, 2.24) is 4.90 Å². The van der Waals surface area contributed by atoms with Crippen LogP contribution in [0.5, 0.6) is 0 Å². The second-order valence-corrected chi connectivity index (χ2v) is 17.9. The van der Waals surface area contributed by atoms with E-state index in [1.54, 1.807) is 0 Å². The van der Waals surface area contributed by atoms with Gasteiger partial charge in [0.05, 0.1) is 23.4 Å². The predicted octanol–water partition coefficient (Wildman–Crippen LogP) is 11.0. The molecule has 8 heteroatoms. The molecule has 0 saturated carbocycles. The zero-order valence-electron chi connectivity index (χ0n) is 40.8. The molecule has 0 aliphatic rings. The van der Waals surface area contributed by atoms with Gasteiger partial charge in [0.2, 0.25) is 0 Å². The molecule has 7 unspecified atom stereocenters. The van der Waals surface area contributed by atoms with Crippen LogP contribution in [0.4, 0.5) is 0 Å². The molecule has 0 spiro atoms. The van der Waals surface area contributed by atoms with E-state index in [4.69, 9.17) is 5.73 Å². The lowest BCUT2D eigenvalue weighted by atomic mass is 9.79. The van der Waals surface area contributed by atoms with Crippen molar-refractivity contribution in [2.75, 3.05) is 27.2 Å². The average molecular weight is 815 g/mol. The molecule has 0 fully saturated rings. The molecule has 0 aliphatic heterocycles. The van der Waals surface area contributed by atoms with E-state index in [-0.39, 0.29) is 30.1 Å². The minimum Gasteiger partial charge on any atom is -0.393 e. The number of hydrogen-bond acceptors (Lipinski definition) is 8. The molecule has 0 amide bonds. The van der Waals surface area contributed by atoms with Crippen molar-refractivity contribution in [3.8, 4) is 0 Å². The molecule has 0 aromatic carbocycles. The van der Waals surface area contributed by atoms with Crippen LogP contribution >= 0.6 is 0 Å². The van der Waals surface area contributed by atoms with Crippen molar-refractivity contribution in [1.29, 1.82) is 0 Å². The number of allylic oxidation sites excluding steroid dienone is 1. The van der Waals surface area contributed by atoms with Gasteiger partial charge in [0.25, 0.3) is 0 Å². The first kappa shape index (κ1) is 62.5. The fourth-order valence-electron chi connectivity index (χ4n) is 7.69. The van der Waals surface area contributed by atoms with Gasteiger partial charge in [-0.2, -0.15) is 0 Å². The largest absolute Gasteiger partial charge is 0.393 e. The highest BCUT2D eigenvalue weighted by molar-refractivity contribution is 5.80. The summed E-state index contributed by atoms with van der Waals surface area (Å²) >= 11 is 0. The zero-order valence-corrected chi connectivity index (χ0v) is 40.8. The number of rotatable bonds is 31. The van der Waals surface area contributed by atoms with E-state index in [1.807, 2.05) is 61.5 Å². The third-order valence-corrected chi connectivity index (χ3v) is 11.5. The smallest absolute Gasteiger partial charge is 0.135 e. The van der Waals surface area contributed by atoms with Crippen molar-refractivity contribution in [3.05, 3.63) is 12.2 Å². The lowest BCUT2D eigenvalue weighted by Crippen LogP contribution is -2.34. The van der Waals surface area contributed by atoms with E-state index < -0.39 is 17.3 Å². The normalized spacial score (nSPS) is 17.8. The minimum absolute atomic E-state index is 0.0262. The Morgan fingerprint density at radius 1 is 0.772 bits per heavy atom. The summed E-state index contributed by atoms with van der Waals surface area (Å²) in [7, 11) is 4.10. The van der Waals surface area contributed by atoms with Crippen LogP contribution in [0, 0.1) is 35.5 Å². The minimum atomic E-state index is -0.877. The summed E-state index contributed by atoms with van der Waals surface area (Å²) in [6.07, 6.45) is 16.8. The number of aliphatic hydroxyl groups excluding tert-OH is 2. The summed E-state index contributed by atoms with van der Waals surface area (Å²) < 4.78 is 0. The summed E-state index contributed by atoms with van der Waals surface area (Å²) in [5, 5.41) is 42.1. The van der Waals surface area contributed by atoms with E-state index in [9.17, 15) is 30.0 Å². The van der Waals surface area contributed by atoms with Crippen LogP contribution in [-0.4, -0.2) is 87.5 Å². The number of carbonyl (C=O) groups excluding carboxylic acids is 2. The average Bonchev–Trinajstić information content (AvgIpc) is 3.14. The van der Waals surface area contributed by atoms with Gasteiger partial charge in [0.1, 0.15) is 11.6 Å². The molecule has 6 N–H and O–H groups in total. The second kappa shape index (κ2) is 37.8. The second-order valence-electron chi connectivity index (χ2n) is 17.9. The number of hydrogen-bond donors (Lipinski definition) is 5. The molecule has 0 radical (unpaired) electrons. The quantitative estimate of drug-likeness (QED) is 0.0344. The summed E-state index contributed by atoms with van der Waals surface area (Å²) in [5.74, 6) is 1.98. The topological polar surface area (TPSA) is 144 Å². The molecular formula is C49H102N2O6. The summed E-state index contributed by atoms with van der Waals surface area (Å²) in [4.78, 5) is 26.3. The molecule has 8 nitrogen and oxygen atoms in total. The lowest BCUT2D eigenvalue weighted by molar-refractivity contribution is -0.123. The fraction of sp³-hybridized carbons (Fsp3) is 0.918. The van der Waals surface area contributed by atoms with Crippen LogP contribution in [0.2, 0.25) is 0 Å². The molecule has 0 saturated heterocycles. The molecule has 10 atom stereocenters. The van der Waals surface area contributed by atoms with Gasteiger partial charge in [-0.05, 0) is 161 Å². The highest BCUT2D eigenvalue weighted by atomic mass is 16.3. The van der Waals surface area contributed by atoms with Crippen LogP contribution in [0.1, 0.15) is 206 Å². The Balaban J connectivity index is -0.00000113. The Kier molecular flexibility index (Phi) is 41.5. The van der Waals surface area contributed by atoms with Crippen molar-refractivity contribution in [2.45, 2.75) is 229 Å². The zero-order chi connectivity index (χ0) is 45.2. The number of nitrogens with zero attached hydrogens (tertiary/aromatic N) is 1. The summed E-state index contributed by atoms with van der Waals surface area (Å²) in [6, 6.07) is 0. The molecular weight excluding hydrogens is 713 g/mol. The third kappa shape index (κ3) is 36.4. The van der Waals surface area contributed by atoms with Crippen LogP contribution < -0.4 is 5.73 Å². The molecule has 0 aromatic rings. The Morgan fingerprint density at radius 3 is 1.81 bits per heavy atom. The van der Waals surface area contributed by atoms with E-state index >= 15 is 0 Å². The van der Waals surface area contributed by atoms with Gasteiger partial charge >= 0.3 is 0 Å². The van der Waals surface area contributed by atoms with Gasteiger partial charge in [0, 0.05) is 18.8 Å². The van der Waals surface area contributed by atoms with E-state index in [0.717, 1.165) is 96.6 Å². The Morgan fingerprint density at radius 2 is 1.33 bits per heavy atom. The first-order chi connectivity index (χ1) is 26.6. The highest BCUT2D eigenvalue weighted by Crippen LogP contribution is 2.32. The van der Waals surface area contributed by atoms with Crippen LogP contribution in [-0.2, 0) is 9.59 Å². The van der Waals surface area contributed by atoms with Gasteiger partial charge in [-0.15, -0.1) is 0 Å². The molecule has 0 bridgehead atoms. The number of carbonyl (C=O) groups is 2. The molecule has 0 aliphatic carbocycles. The number of nitrogens with two attached hydrogens (primary N) is 1. The number of ketones is 2. The number of unbranched alkanes of at least 4 members (excludes halogenated alkanes) is 1. The molecule has 57 heavy (non-hydrogen) atoms. The first-order valence-electron chi connectivity index (χ1n) is 23.5. The SMILES string of the molecule is CC.CC.CCC(CCC[C@@](C)(O)CCC/C=C\C(O)(CC)C(C)CC(C)CCC(=O)C(C)C[C@H](C)C[C@@H](C)CCC(O)CC(C)=O)C(C)O.CN(C)CCCN. The molecule has 0 rings (SSSR count). The van der Waals surface area contributed by atoms with Crippen molar-refractivity contribution < 1.29 is 30.0 Å². The monoisotopic (exact) mass is 815 g/mol. The number of Topliss-reactive ketones (excluding diaryl/α,β-unsaturated/α-hetero) is 2. The van der Waals surface area contributed by atoms with E-state index in [1.165, 1.54) is 6.92 Å². The maximum absolute atomic E-state index is 13.0. The van der Waals surface area contributed by atoms with Crippen molar-refractivity contribution >= 4 is 11.6 Å². The maximum Gasteiger partial charge on any atom is 0.135 e. The van der Waals surface area contributed by atoms with Gasteiger partial charge < -0.3 is 31.1 Å². The maximum atomic E-state index is 13.0. The molecule has 0 aromatic heterocycles. The van der Waals surface area contributed by atoms with Gasteiger partial charge in [0.15, 0.2) is 0 Å². The standard InChI is InChI=1S/C40H76O6.C5H14N2.2C2H6/c1-11-36(35(9)42)17-16-23-39(10,45)22-14-13-15-24-40(46,12-2)33(7)27-30(4)19-21-38(44)32(6)26-31(5)25-29(3)18-20-37(43)28-34(8)41;1-7(2)5-3-4-6;2*1-2/h15,24,29-33,35-37,42-43,45-46H,11-14,16-23,25-28H2,1-10H3;3-6H2,1-2H3;2*1-2H3/b24-15-;;;/t29-,30?,31+,32?,33?,35?,36?,37?,39-,40?;;;/m0.../s1. The lowest BCUT2D eigenvalue weighted by Gasteiger charge is -2.32. The Labute approximate surface area is 355 Å². The van der Waals surface area contributed by atoms with Gasteiger partial charge in [-0.25, -0.2) is 0 Å². The highest BCUT2D eigenvalue weighted by Gasteiger charge is 2.30. The summed E-state index contributed by atoms with van der Waals surface area (Å²) in [6.45, 7) is 30.1. The predicted molar refractivity (Wildman–Crippen MR) is 248 cm³/mol. The van der Waals surface area contributed by atoms with Crippen molar-refractivity contribution in [2.24, 2.45) is 41.2 Å². The van der Waals surface area contributed by atoms with Gasteiger partial charge in [-0.1, -0.05) is 101 Å². The number of aliphatic hydroxyl groups is 4. The van der Waals surface area contributed by atoms with Crippen LogP contribution in [0.3, 0.4) is 0 Å².